The predicted octanol–water partition coefficient (Wildman–Crippen LogP) is -0.161. The SMILES string of the molecule is C[C@H](NC(=O)Cn1nnc2cccc(O[C@H]3O[C@H](C(=O)O)[C@@H](O)[C@H](O)[C@H]3O)c2c1=O)c1ccc(OC(F)(F)F)cc1. The molecule has 41 heavy (non-hydrogen) atoms. The molecule has 2 heterocycles. The Hall–Kier alpha value is -4.32. The number of ether oxygens (including phenoxy) is 3. The van der Waals surface area contributed by atoms with Gasteiger partial charge in [-0.3, -0.25) is 9.59 Å². The first-order valence-corrected chi connectivity index (χ1v) is 11.9. The van der Waals surface area contributed by atoms with Crippen molar-refractivity contribution in [2.45, 2.75) is 56.6 Å². The number of carbonyl (C=O) groups excluding carboxylic acids is 1. The number of hydrogen-bond donors (Lipinski definition) is 5. The van der Waals surface area contributed by atoms with E-state index in [4.69, 9.17) is 9.47 Å². The highest BCUT2D eigenvalue weighted by molar-refractivity contribution is 5.84. The van der Waals surface area contributed by atoms with Gasteiger partial charge in [-0.25, -0.2) is 9.48 Å². The number of hydrogen-bond acceptors (Lipinski definition) is 11. The maximum atomic E-state index is 13.2. The minimum Gasteiger partial charge on any atom is -0.479 e. The lowest BCUT2D eigenvalue weighted by atomic mass is 9.99. The number of halogens is 3. The molecule has 1 aliphatic rings. The number of carbonyl (C=O) groups is 2. The lowest BCUT2D eigenvalue weighted by molar-refractivity contribution is -0.274. The van der Waals surface area contributed by atoms with Gasteiger partial charge in [-0.15, -0.1) is 18.3 Å². The molecule has 14 nitrogen and oxygen atoms in total. The van der Waals surface area contributed by atoms with Crippen molar-refractivity contribution in [3.05, 3.63) is 58.4 Å². The Morgan fingerprint density at radius 3 is 2.41 bits per heavy atom. The van der Waals surface area contributed by atoms with Crippen molar-refractivity contribution in [2.24, 2.45) is 0 Å². The van der Waals surface area contributed by atoms with Crippen LogP contribution in [0.1, 0.15) is 18.5 Å². The molecule has 1 saturated heterocycles. The summed E-state index contributed by atoms with van der Waals surface area (Å²) < 4.78 is 52.2. The van der Waals surface area contributed by atoms with Crippen LogP contribution in [0.25, 0.3) is 10.9 Å². The maximum Gasteiger partial charge on any atom is 0.573 e. The Morgan fingerprint density at radius 2 is 1.78 bits per heavy atom. The van der Waals surface area contributed by atoms with Gasteiger partial charge in [0.15, 0.2) is 6.10 Å². The second-order valence-electron chi connectivity index (χ2n) is 8.96. The maximum absolute atomic E-state index is 13.2. The summed E-state index contributed by atoms with van der Waals surface area (Å²) in [5.41, 5.74) is -0.402. The van der Waals surface area contributed by atoms with E-state index in [1.165, 1.54) is 30.3 Å². The average molecular weight is 584 g/mol. The third-order valence-electron chi connectivity index (χ3n) is 6.05. The van der Waals surface area contributed by atoms with E-state index in [9.17, 15) is 48.0 Å². The summed E-state index contributed by atoms with van der Waals surface area (Å²) in [5.74, 6) is -3.02. The van der Waals surface area contributed by atoms with Crippen molar-refractivity contribution in [2.75, 3.05) is 0 Å². The third kappa shape index (κ3) is 6.71. The second-order valence-corrected chi connectivity index (χ2v) is 8.96. The zero-order valence-corrected chi connectivity index (χ0v) is 20.9. The summed E-state index contributed by atoms with van der Waals surface area (Å²) in [6.45, 7) is 0.938. The Balaban J connectivity index is 1.51. The van der Waals surface area contributed by atoms with Crippen LogP contribution in [0, 0.1) is 0 Å². The van der Waals surface area contributed by atoms with E-state index in [0.29, 0.717) is 10.2 Å². The molecule has 0 bridgehead atoms. The Bertz CT molecular complexity index is 1480. The van der Waals surface area contributed by atoms with Crippen LogP contribution in [-0.2, 0) is 20.9 Å². The number of aliphatic hydroxyl groups is 3. The number of aliphatic hydroxyl groups excluding tert-OH is 3. The summed E-state index contributed by atoms with van der Waals surface area (Å²) in [5, 5.41) is 49.3. The van der Waals surface area contributed by atoms with Crippen LogP contribution >= 0.6 is 0 Å². The molecule has 17 heteroatoms. The standard InChI is InChI=1S/C24H23F3N4O10/c1-10(11-5-7-12(8-6-11)41-24(25,26)27)28-15(32)9-31-21(36)16-13(29-30-31)3-2-4-14(16)39-23-19(35)17(33)18(34)20(40-23)22(37)38/h2-8,10,17-20,23,33-35H,9H2,1H3,(H,28,32)(H,37,38)/t10-,17-,18-,19+,20-,23-/m0/s1. The normalized spacial score (nSPS) is 23.5. The lowest BCUT2D eigenvalue weighted by Gasteiger charge is -2.38. The molecule has 2 aromatic carbocycles. The number of aliphatic carboxylic acids is 1. The van der Waals surface area contributed by atoms with Crippen molar-refractivity contribution >= 4 is 22.8 Å². The number of carboxylic acid groups (broad SMARTS) is 1. The molecule has 4 rings (SSSR count). The van der Waals surface area contributed by atoms with Gasteiger partial charge >= 0.3 is 12.3 Å². The summed E-state index contributed by atoms with van der Waals surface area (Å²) in [7, 11) is 0. The number of aromatic nitrogens is 3. The molecule has 0 unspecified atom stereocenters. The van der Waals surface area contributed by atoms with Crippen LogP contribution in [0.3, 0.4) is 0 Å². The molecule has 0 radical (unpaired) electrons. The average Bonchev–Trinajstić information content (AvgIpc) is 2.89. The molecule has 0 aliphatic carbocycles. The highest BCUT2D eigenvalue weighted by Crippen LogP contribution is 2.28. The van der Waals surface area contributed by atoms with E-state index < -0.39 is 72.8 Å². The predicted molar refractivity (Wildman–Crippen MR) is 128 cm³/mol. The van der Waals surface area contributed by atoms with Crippen LogP contribution in [0.4, 0.5) is 13.2 Å². The van der Waals surface area contributed by atoms with E-state index >= 15 is 0 Å². The molecule has 220 valence electrons. The third-order valence-corrected chi connectivity index (χ3v) is 6.05. The summed E-state index contributed by atoms with van der Waals surface area (Å²) >= 11 is 0. The molecule has 5 N–H and O–H groups in total. The van der Waals surface area contributed by atoms with Crippen LogP contribution in [0.5, 0.6) is 11.5 Å². The van der Waals surface area contributed by atoms with E-state index in [1.807, 2.05) is 0 Å². The number of rotatable bonds is 8. The molecule has 1 fully saturated rings. The number of nitrogens with zero attached hydrogens (tertiary/aromatic N) is 3. The fourth-order valence-corrected chi connectivity index (χ4v) is 4.03. The molecule has 1 aliphatic heterocycles. The van der Waals surface area contributed by atoms with Gasteiger partial charge in [-0.2, -0.15) is 0 Å². The zero-order chi connectivity index (χ0) is 30.1. The van der Waals surface area contributed by atoms with Crippen LogP contribution in [0.2, 0.25) is 0 Å². The quantitative estimate of drug-likeness (QED) is 0.234. The number of benzene rings is 2. The summed E-state index contributed by atoms with van der Waals surface area (Å²) in [6.07, 6.45) is -14.4. The first-order chi connectivity index (χ1) is 19.2. The van der Waals surface area contributed by atoms with E-state index in [1.54, 1.807) is 6.92 Å². The number of fused-ring (bicyclic) bond motifs is 1. The van der Waals surface area contributed by atoms with E-state index in [0.717, 1.165) is 12.1 Å². The molecular weight excluding hydrogens is 561 g/mol. The van der Waals surface area contributed by atoms with Gasteiger partial charge in [-0.1, -0.05) is 23.4 Å². The minimum atomic E-state index is -4.85. The number of nitrogens with one attached hydrogen (secondary N) is 1. The van der Waals surface area contributed by atoms with Crippen molar-refractivity contribution in [3.8, 4) is 11.5 Å². The monoisotopic (exact) mass is 584 g/mol. The molecule has 6 atom stereocenters. The van der Waals surface area contributed by atoms with Gasteiger partial charge in [-0.05, 0) is 36.8 Å². The highest BCUT2D eigenvalue weighted by atomic mass is 19.4. The van der Waals surface area contributed by atoms with Gasteiger partial charge in [0, 0.05) is 0 Å². The van der Waals surface area contributed by atoms with Gasteiger partial charge < -0.3 is 40.0 Å². The van der Waals surface area contributed by atoms with Crippen molar-refractivity contribution in [3.63, 3.8) is 0 Å². The largest absolute Gasteiger partial charge is 0.573 e. The lowest BCUT2D eigenvalue weighted by Crippen LogP contribution is -2.61. The first-order valence-electron chi connectivity index (χ1n) is 11.9. The number of alkyl halides is 3. The molecular formula is C24H23F3N4O10. The molecule has 1 amide bonds. The van der Waals surface area contributed by atoms with Crippen LogP contribution in [-0.4, -0.2) is 84.4 Å². The van der Waals surface area contributed by atoms with Crippen molar-refractivity contribution in [1.29, 1.82) is 0 Å². The second kappa shape index (κ2) is 11.7. The molecule has 0 spiro atoms. The molecule has 1 aromatic heterocycles. The van der Waals surface area contributed by atoms with Gasteiger partial charge in [0.05, 0.1) is 6.04 Å². The van der Waals surface area contributed by atoms with Gasteiger partial charge in [0.1, 0.15) is 47.3 Å². The summed E-state index contributed by atoms with van der Waals surface area (Å²) in [4.78, 5) is 37.2. The van der Waals surface area contributed by atoms with Crippen molar-refractivity contribution in [1.82, 2.24) is 20.3 Å². The van der Waals surface area contributed by atoms with Crippen molar-refractivity contribution < 1.29 is 57.4 Å². The van der Waals surface area contributed by atoms with Gasteiger partial charge in [0.25, 0.3) is 5.56 Å². The zero-order valence-electron chi connectivity index (χ0n) is 20.9. The minimum absolute atomic E-state index is 0.0133. The Morgan fingerprint density at radius 1 is 1.10 bits per heavy atom. The van der Waals surface area contributed by atoms with Crippen LogP contribution in [0.15, 0.2) is 47.3 Å². The fraction of sp³-hybridized carbons (Fsp3) is 0.375. The number of carboxylic acids is 1. The Labute approximate surface area is 227 Å². The topological polar surface area (TPSA) is 203 Å². The highest BCUT2D eigenvalue weighted by Gasteiger charge is 2.48. The smallest absolute Gasteiger partial charge is 0.479 e. The van der Waals surface area contributed by atoms with Crippen LogP contribution < -0.4 is 20.3 Å². The number of amides is 1. The fourth-order valence-electron chi connectivity index (χ4n) is 4.03. The Kier molecular flexibility index (Phi) is 8.43. The van der Waals surface area contributed by atoms with E-state index in [-0.39, 0.29) is 16.7 Å². The van der Waals surface area contributed by atoms with Gasteiger partial charge in [0.2, 0.25) is 12.2 Å². The molecule has 0 saturated carbocycles. The summed E-state index contributed by atoms with van der Waals surface area (Å²) in [6, 6.07) is 8.20. The van der Waals surface area contributed by atoms with E-state index in [2.05, 4.69) is 20.4 Å². The molecule has 3 aromatic rings. The first kappa shape index (κ1) is 29.7.